The Morgan fingerprint density at radius 3 is 2.89 bits per heavy atom. The molecule has 18 heavy (non-hydrogen) atoms. The van der Waals surface area contributed by atoms with Crippen LogP contribution in [0, 0.1) is 3.95 Å². The third-order valence-electron chi connectivity index (χ3n) is 2.39. The summed E-state index contributed by atoms with van der Waals surface area (Å²) in [4.78, 5) is 4.93. The maximum atomic E-state index is 9.79. The van der Waals surface area contributed by atoms with Crippen molar-refractivity contribution in [1.82, 2.24) is 4.57 Å². The predicted octanol–water partition coefficient (Wildman–Crippen LogP) is 3.28. The van der Waals surface area contributed by atoms with Crippen LogP contribution in [0.15, 0.2) is 29.3 Å². The SMILES string of the molecule is COc1cccc(N=Cc2sc(=S)n(C)c2O)c1. The standard InChI is InChI=1S/C12H12N2O2S2/c1-14-11(15)10(18-12(14)17)7-13-8-4-3-5-9(6-8)16-2/h3-7,15H,1-2H3. The molecule has 0 unspecified atom stereocenters. The number of aromatic nitrogens is 1. The lowest BCUT2D eigenvalue weighted by atomic mass is 10.3. The first-order chi connectivity index (χ1) is 8.61. The third kappa shape index (κ3) is 2.60. The summed E-state index contributed by atoms with van der Waals surface area (Å²) >= 11 is 6.39. The third-order valence-corrected chi connectivity index (χ3v) is 3.87. The molecule has 4 nitrogen and oxygen atoms in total. The molecule has 0 saturated carbocycles. The van der Waals surface area contributed by atoms with Gasteiger partial charge in [0.1, 0.15) is 10.6 Å². The first-order valence-corrected chi connectivity index (χ1v) is 6.41. The number of aliphatic imine (C=N–C) groups is 1. The Morgan fingerprint density at radius 1 is 1.50 bits per heavy atom. The molecule has 94 valence electrons. The number of aromatic hydroxyl groups is 1. The molecular weight excluding hydrogens is 268 g/mol. The maximum absolute atomic E-state index is 9.79. The highest BCUT2D eigenvalue weighted by atomic mass is 32.1. The molecular formula is C12H12N2O2S2. The highest BCUT2D eigenvalue weighted by molar-refractivity contribution is 7.73. The van der Waals surface area contributed by atoms with Gasteiger partial charge in [-0.15, -0.1) is 0 Å². The molecule has 0 saturated heterocycles. The summed E-state index contributed by atoms with van der Waals surface area (Å²) in [7, 11) is 3.33. The van der Waals surface area contributed by atoms with Crippen molar-refractivity contribution >= 4 is 35.5 Å². The maximum Gasteiger partial charge on any atom is 0.211 e. The number of benzene rings is 1. The molecule has 0 amide bonds. The van der Waals surface area contributed by atoms with Crippen molar-refractivity contribution in [2.24, 2.45) is 12.0 Å². The monoisotopic (exact) mass is 280 g/mol. The molecule has 1 aromatic carbocycles. The highest BCUT2D eigenvalue weighted by Crippen LogP contribution is 2.24. The van der Waals surface area contributed by atoms with Gasteiger partial charge >= 0.3 is 0 Å². The van der Waals surface area contributed by atoms with Crippen LogP contribution in [0.25, 0.3) is 0 Å². The van der Waals surface area contributed by atoms with Crippen molar-refractivity contribution in [3.63, 3.8) is 0 Å². The number of ether oxygens (including phenoxy) is 1. The Morgan fingerprint density at radius 2 is 2.28 bits per heavy atom. The first kappa shape index (κ1) is 12.8. The molecule has 0 aliphatic carbocycles. The minimum absolute atomic E-state index is 0.136. The van der Waals surface area contributed by atoms with Gasteiger partial charge in [0.05, 0.1) is 19.0 Å². The zero-order valence-corrected chi connectivity index (χ0v) is 11.6. The first-order valence-electron chi connectivity index (χ1n) is 5.18. The summed E-state index contributed by atoms with van der Waals surface area (Å²) < 4.78 is 7.27. The van der Waals surface area contributed by atoms with Gasteiger partial charge in [-0.25, -0.2) is 0 Å². The van der Waals surface area contributed by atoms with Crippen LogP contribution in [-0.4, -0.2) is 23.0 Å². The van der Waals surface area contributed by atoms with Gasteiger partial charge in [0, 0.05) is 13.1 Å². The Labute approximate surface area is 114 Å². The van der Waals surface area contributed by atoms with E-state index in [4.69, 9.17) is 17.0 Å². The molecule has 6 heteroatoms. The van der Waals surface area contributed by atoms with Crippen LogP contribution in [-0.2, 0) is 7.05 Å². The predicted molar refractivity (Wildman–Crippen MR) is 76.0 cm³/mol. The molecule has 0 aliphatic rings. The fourth-order valence-electron chi connectivity index (χ4n) is 1.37. The minimum atomic E-state index is 0.136. The van der Waals surface area contributed by atoms with Gasteiger partial charge in [-0.05, 0) is 24.4 Å². The number of hydrogen-bond acceptors (Lipinski definition) is 5. The second-order valence-corrected chi connectivity index (χ2v) is 5.25. The molecule has 0 atom stereocenters. The van der Waals surface area contributed by atoms with Gasteiger partial charge in [0.2, 0.25) is 5.88 Å². The second-order valence-electron chi connectivity index (χ2n) is 3.57. The molecule has 0 aliphatic heterocycles. The smallest absolute Gasteiger partial charge is 0.211 e. The molecule has 0 radical (unpaired) electrons. The summed E-state index contributed by atoms with van der Waals surface area (Å²) in [6.45, 7) is 0. The van der Waals surface area contributed by atoms with Crippen LogP contribution in [0.5, 0.6) is 11.6 Å². The largest absolute Gasteiger partial charge is 0.497 e. The Bertz CT molecular complexity index is 644. The number of hydrogen-bond donors (Lipinski definition) is 1. The van der Waals surface area contributed by atoms with E-state index in [1.807, 2.05) is 24.3 Å². The molecule has 2 rings (SSSR count). The summed E-state index contributed by atoms with van der Waals surface area (Å²) in [5, 5.41) is 9.79. The van der Waals surface area contributed by atoms with Crippen molar-refractivity contribution in [1.29, 1.82) is 0 Å². The average molecular weight is 280 g/mol. The van der Waals surface area contributed by atoms with E-state index in [-0.39, 0.29) is 5.88 Å². The number of thiazole rings is 1. The Kier molecular flexibility index (Phi) is 3.78. The van der Waals surface area contributed by atoms with Gasteiger partial charge in [-0.1, -0.05) is 17.4 Å². The van der Waals surface area contributed by atoms with Crippen molar-refractivity contribution < 1.29 is 9.84 Å². The van der Waals surface area contributed by atoms with Crippen LogP contribution in [0.4, 0.5) is 5.69 Å². The van der Waals surface area contributed by atoms with Crippen LogP contribution in [0.3, 0.4) is 0 Å². The van der Waals surface area contributed by atoms with E-state index < -0.39 is 0 Å². The normalized spacial score (nSPS) is 11.0. The fourth-order valence-corrected chi connectivity index (χ4v) is 2.47. The van der Waals surface area contributed by atoms with Crippen LogP contribution < -0.4 is 4.74 Å². The molecule has 1 aromatic heterocycles. The zero-order valence-electron chi connectivity index (χ0n) is 9.95. The van der Waals surface area contributed by atoms with E-state index in [1.54, 1.807) is 24.9 Å². The topological polar surface area (TPSA) is 46.8 Å². The lowest BCUT2D eigenvalue weighted by Crippen LogP contribution is -1.86. The Hall–Kier alpha value is -1.66. The van der Waals surface area contributed by atoms with Gasteiger partial charge < -0.3 is 9.84 Å². The van der Waals surface area contributed by atoms with E-state index in [0.717, 1.165) is 11.4 Å². The summed E-state index contributed by atoms with van der Waals surface area (Å²) in [5.41, 5.74) is 0.760. The second kappa shape index (κ2) is 5.32. The molecule has 1 N–H and O–H groups in total. The highest BCUT2D eigenvalue weighted by Gasteiger charge is 2.06. The van der Waals surface area contributed by atoms with Crippen LogP contribution in [0.1, 0.15) is 4.88 Å². The summed E-state index contributed by atoms with van der Waals surface area (Å²) in [5.74, 6) is 0.881. The summed E-state index contributed by atoms with van der Waals surface area (Å²) in [6, 6.07) is 7.38. The van der Waals surface area contributed by atoms with E-state index in [0.29, 0.717) is 8.83 Å². The quantitative estimate of drug-likeness (QED) is 0.693. The van der Waals surface area contributed by atoms with Crippen molar-refractivity contribution in [3.05, 3.63) is 33.1 Å². The zero-order chi connectivity index (χ0) is 13.1. The fraction of sp³-hybridized carbons (Fsp3) is 0.167. The van der Waals surface area contributed by atoms with E-state index in [1.165, 1.54) is 11.3 Å². The molecule has 2 aromatic rings. The van der Waals surface area contributed by atoms with Gasteiger partial charge in [0.15, 0.2) is 3.95 Å². The van der Waals surface area contributed by atoms with Crippen molar-refractivity contribution in [2.75, 3.05) is 7.11 Å². The van der Waals surface area contributed by atoms with Crippen LogP contribution >= 0.6 is 23.6 Å². The molecule has 0 fully saturated rings. The number of rotatable bonds is 3. The number of methoxy groups -OCH3 is 1. The number of nitrogens with zero attached hydrogens (tertiary/aromatic N) is 2. The lowest BCUT2D eigenvalue weighted by Gasteiger charge is -1.99. The van der Waals surface area contributed by atoms with Gasteiger partial charge in [-0.3, -0.25) is 9.56 Å². The lowest BCUT2D eigenvalue weighted by molar-refractivity contribution is 0.415. The van der Waals surface area contributed by atoms with E-state index in [9.17, 15) is 5.11 Å². The Balaban J connectivity index is 2.29. The van der Waals surface area contributed by atoms with E-state index >= 15 is 0 Å². The van der Waals surface area contributed by atoms with Crippen molar-refractivity contribution in [2.45, 2.75) is 0 Å². The van der Waals surface area contributed by atoms with Gasteiger partial charge in [-0.2, -0.15) is 0 Å². The van der Waals surface area contributed by atoms with E-state index in [2.05, 4.69) is 4.99 Å². The van der Waals surface area contributed by atoms with Gasteiger partial charge in [0.25, 0.3) is 0 Å². The summed E-state index contributed by atoms with van der Waals surface area (Å²) in [6.07, 6.45) is 1.60. The molecule has 1 heterocycles. The van der Waals surface area contributed by atoms with Crippen LogP contribution in [0.2, 0.25) is 0 Å². The molecule has 0 bridgehead atoms. The van der Waals surface area contributed by atoms with Crippen molar-refractivity contribution in [3.8, 4) is 11.6 Å². The average Bonchev–Trinajstić information content (AvgIpc) is 2.64. The minimum Gasteiger partial charge on any atom is -0.497 e. The molecule has 0 spiro atoms.